The van der Waals surface area contributed by atoms with Crippen molar-refractivity contribution in [1.82, 2.24) is 4.57 Å². The first-order valence-corrected chi connectivity index (χ1v) is 7.35. The standard InChI is InChI=1S/C16H15ClN2O5/c1-24-14-8-13(12(17)7-11(14)16(22)23)18-15(21)4-6-19-5-2-3-10(19)9-20/h2-3,5,7-9H,4,6H2,1H3,(H,18,21)(H,22,23). The van der Waals surface area contributed by atoms with Crippen molar-refractivity contribution in [2.24, 2.45) is 0 Å². The fourth-order valence-electron chi connectivity index (χ4n) is 2.16. The molecule has 0 aliphatic rings. The van der Waals surface area contributed by atoms with Crippen LogP contribution in [0.5, 0.6) is 5.75 Å². The number of ether oxygens (including phenoxy) is 1. The Kier molecular flexibility index (Phi) is 5.59. The van der Waals surface area contributed by atoms with Crippen LogP contribution in [0.1, 0.15) is 27.3 Å². The van der Waals surface area contributed by atoms with Gasteiger partial charge in [0.2, 0.25) is 5.91 Å². The largest absolute Gasteiger partial charge is 0.496 e. The Morgan fingerprint density at radius 3 is 2.79 bits per heavy atom. The number of amides is 1. The van der Waals surface area contributed by atoms with Crippen molar-refractivity contribution in [2.45, 2.75) is 13.0 Å². The van der Waals surface area contributed by atoms with Gasteiger partial charge in [0.15, 0.2) is 6.29 Å². The molecule has 0 unspecified atom stereocenters. The molecule has 0 fully saturated rings. The van der Waals surface area contributed by atoms with Crippen molar-refractivity contribution in [2.75, 3.05) is 12.4 Å². The van der Waals surface area contributed by atoms with Crippen molar-refractivity contribution in [1.29, 1.82) is 0 Å². The van der Waals surface area contributed by atoms with E-state index in [2.05, 4.69) is 5.32 Å². The van der Waals surface area contributed by atoms with Crippen LogP contribution in [-0.4, -0.2) is 34.9 Å². The summed E-state index contributed by atoms with van der Waals surface area (Å²) in [5, 5.41) is 11.8. The molecule has 0 aliphatic heterocycles. The highest BCUT2D eigenvalue weighted by Gasteiger charge is 2.16. The molecule has 2 N–H and O–H groups in total. The minimum absolute atomic E-state index is 0.0934. The number of anilines is 1. The van der Waals surface area contributed by atoms with E-state index in [4.69, 9.17) is 21.4 Å². The van der Waals surface area contributed by atoms with Crippen LogP contribution in [0.4, 0.5) is 5.69 Å². The Balaban J connectivity index is 2.08. The van der Waals surface area contributed by atoms with Crippen LogP contribution in [0.15, 0.2) is 30.5 Å². The number of halogens is 1. The Labute approximate surface area is 142 Å². The molecule has 24 heavy (non-hydrogen) atoms. The fourth-order valence-corrected chi connectivity index (χ4v) is 2.37. The fraction of sp³-hybridized carbons (Fsp3) is 0.188. The molecule has 1 amide bonds. The van der Waals surface area contributed by atoms with Crippen LogP contribution in [0.25, 0.3) is 0 Å². The summed E-state index contributed by atoms with van der Waals surface area (Å²) in [6.45, 7) is 0.328. The number of carbonyl (C=O) groups is 3. The number of aromatic carboxylic acids is 1. The van der Waals surface area contributed by atoms with Crippen LogP contribution in [0.3, 0.4) is 0 Å². The predicted octanol–water partition coefficient (Wildman–Crippen LogP) is 2.69. The second kappa shape index (κ2) is 7.65. The van der Waals surface area contributed by atoms with E-state index in [1.807, 2.05) is 0 Å². The predicted molar refractivity (Wildman–Crippen MR) is 88.0 cm³/mol. The number of methoxy groups -OCH3 is 1. The molecule has 1 aromatic carbocycles. The van der Waals surface area contributed by atoms with Gasteiger partial charge in [-0.3, -0.25) is 9.59 Å². The highest BCUT2D eigenvalue weighted by molar-refractivity contribution is 6.34. The van der Waals surface area contributed by atoms with E-state index in [1.165, 1.54) is 19.2 Å². The van der Waals surface area contributed by atoms with Gasteiger partial charge in [0.1, 0.15) is 11.3 Å². The molecule has 0 atom stereocenters. The second-order valence-electron chi connectivity index (χ2n) is 4.88. The summed E-state index contributed by atoms with van der Waals surface area (Å²) in [6.07, 6.45) is 2.54. The molecule has 0 aliphatic carbocycles. The molecule has 2 aromatic rings. The molecule has 0 saturated heterocycles. The molecular formula is C16H15ClN2O5. The van der Waals surface area contributed by atoms with Gasteiger partial charge in [-0.25, -0.2) is 4.79 Å². The average molecular weight is 351 g/mol. The molecule has 126 valence electrons. The van der Waals surface area contributed by atoms with Gasteiger partial charge in [0.05, 0.1) is 23.5 Å². The van der Waals surface area contributed by atoms with E-state index in [-0.39, 0.29) is 34.4 Å². The lowest BCUT2D eigenvalue weighted by atomic mass is 10.1. The minimum atomic E-state index is -1.18. The van der Waals surface area contributed by atoms with Crippen molar-refractivity contribution < 1.29 is 24.2 Å². The topological polar surface area (TPSA) is 97.6 Å². The summed E-state index contributed by atoms with van der Waals surface area (Å²) in [5.41, 5.74) is 0.642. The highest BCUT2D eigenvalue weighted by Crippen LogP contribution is 2.31. The Hall–Kier alpha value is -2.80. The molecule has 7 nitrogen and oxygen atoms in total. The second-order valence-corrected chi connectivity index (χ2v) is 5.29. The maximum Gasteiger partial charge on any atom is 0.339 e. The molecule has 1 aromatic heterocycles. The number of nitrogens with zero attached hydrogens (tertiary/aromatic N) is 1. The number of aromatic nitrogens is 1. The number of hydrogen-bond acceptors (Lipinski definition) is 4. The molecule has 1 heterocycles. The third-order valence-electron chi connectivity index (χ3n) is 3.36. The van der Waals surface area contributed by atoms with Gasteiger partial charge in [0, 0.05) is 25.2 Å². The van der Waals surface area contributed by atoms with E-state index in [1.54, 1.807) is 22.9 Å². The SMILES string of the molecule is COc1cc(NC(=O)CCn2cccc2C=O)c(Cl)cc1C(=O)O. The molecule has 0 spiro atoms. The highest BCUT2D eigenvalue weighted by atomic mass is 35.5. The number of nitrogens with one attached hydrogen (secondary N) is 1. The lowest BCUT2D eigenvalue weighted by Gasteiger charge is -2.12. The molecular weight excluding hydrogens is 336 g/mol. The van der Waals surface area contributed by atoms with E-state index < -0.39 is 5.97 Å². The zero-order chi connectivity index (χ0) is 17.7. The van der Waals surface area contributed by atoms with Gasteiger partial charge < -0.3 is 19.7 Å². The first kappa shape index (κ1) is 17.6. The van der Waals surface area contributed by atoms with Gasteiger partial charge in [0.25, 0.3) is 0 Å². The number of carboxylic acid groups (broad SMARTS) is 1. The van der Waals surface area contributed by atoms with Crippen molar-refractivity contribution in [3.63, 3.8) is 0 Å². The number of hydrogen-bond donors (Lipinski definition) is 2. The Morgan fingerprint density at radius 1 is 1.42 bits per heavy atom. The molecule has 0 saturated carbocycles. The number of benzene rings is 1. The van der Waals surface area contributed by atoms with E-state index >= 15 is 0 Å². The number of aryl methyl sites for hydroxylation is 1. The zero-order valence-electron chi connectivity index (χ0n) is 12.8. The van der Waals surface area contributed by atoms with Crippen LogP contribution < -0.4 is 10.1 Å². The monoisotopic (exact) mass is 350 g/mol. The maximum atomic E-state index is 12.0. The number of carbonyl (C=O) groups excluding carboxylic acids is 2. The average Bonchev–Trinajstić information content (AvgIpc) is 3.01. The van der Waals surface area contributed by atoms with Crippen LogP contribution in [0.2, 0.25) is 5.02 Å². The van der Waals surface area contributed by atoms with E-state index in [0.717, 1.165) is 0 Å². The van der Waals surface area contributed by atoms with Gasteiger partial charge in [-0.2, -0.15) is 0 Å². The number of rotatable bonds is 7. The summed E-state index contributed by atoms with van der Waals surface area (Å²) in [7, 11) is 1.33. The first-order valence-electron chi connectivity index (χ1n) is 6.97. The third kappa shape index (κ3) is 3.94. The van der Waals surface area contributed by atoms with Gasteiger partial charge in [-0.15, -0.1) is 0 Å². The van der Waals surface area contributed by atoms with Gasteiger partial charge in [-0.05, 0) is 18.2 Å². The summed E-state index contributed by atoms with van der Waals surface area (Å²) < 4.78 is 6.65. The Morgan fingerprint density at radius 2 is 2.17 bits per heavy atom. The molecule has 8 heteroatoms. The first-order chi connectivity index (χ1) is 11.5. The summed E-state index contributed by atoms with van der Waals surface area (Å²) in [4.78, 5) is 34.0. The van der Waals surface area contributed by atoms with Crippen molar-refractivity contribution in [3.05, 3.63) is 46.7 Å². The number of carboxylic acids is 1. The molecule has 2 rings (SSSR count). The maximum absolute atomic E-state index is 12.0. The van der Waals surface area contributed by atoms with E-state index in [0.29, 0.717) is 18.5 Å². The van der Waals surface area contributed by atoms with Crippen molar-refractivity contribution in [3.8, 4) is 5.75 Å². The summed E-state index contributed by atoms with van der Waals surface area (Å²) in [5.74, 6) is -1.41. The van der Waals surface area contributed by atoms with Crippen molar-refractivity contribution >= 4 is 35.5 Å². The lowest BCUT2D eigenvalue weighted by molar-refractivity contribution is -0.116. The Bertz CT molecular complexity index is 785. The quantitative estimate of drug-likeness (QED) is 0.748. The summed E-state index contributed by atoms with van der Waals surface area (Å²) >= 11 is 6.01. The third-order valence-corrected chi connectivity index (χ3v) is 3.67. The lowest BCUT2D eigenvalue weighted by Crippen LogP contribution is -2.15. The van der Waals surface area contributed by atoms with E-state index in [9.17, 15) is 14.4 Å². The van der Waals surface area contributed by atoms with Crippen LogP contribution in [-0.2, 0) is 11.3 Å². The smallest absolute Gasteiger partial charge is 0.339 e. The van der Waals surface area contributed by atoms with Gasteiger partial charge >= 0.3 is 5.97 Å². The van der Waals surface area contributed by atoms with Crippen LogP contribution >= 0.6 is 11.6 Å². The number of aldehydes is 1. The van der Waals surface area contributed by atoms with Gasteiger partial charge in [-0.1, -0.05) is 11.6 Å². The summed E-state index contributed by atoms with van der Waals surface area (Å²) in [6, 6.07) is 5.94. The molecule has 0 bridgehead atoms. The zero-order valence-corrected chi connectivity index (χ0v) is 13.5. The normalized spacial score (nSPS) is 10.2. The molecule has 0 radical (unpaired) electrons. The van der Waals surface area contributed by atoms with Crippen LogP contribution in [0, 0.1) is 0 Å². The minimum Gasteiger partial charge on any atom is -0.496 e.